The van der Waals surface area contributed by atoms with Gasteiger partial charge in [0.15, 0.2) is 0 Å². The highest BCUT2D eigenvalue weighted by Gasteiger charge is 2.36. The molecule has 3 N–H and O–H groups in total. The van der Waals surface area contributed by atoms with E-state index in [4.69, 9.17) is 0 Å². The largest absolute Gasteiger partial charge is 0.507 e. The zero-order chi connectivity index (χ0) is 21.9. The first-order valence-corrected chi connectivity index (χ1v) is 8.70. The number of nitrogens with zero attached hydrogens (tertiary/aromatic N) is 1. The molecule has 0 aliphatic rings. The Balaban J connectivity index is 2.02. The fourth-order valence-corrected chi connectivity index (χ4v) is 3.05. The summed E-state index contributed by atoms with van der Waals surface area (Å²) in [7, 11) is 0. The third-order valence-corrected chi connectivity index (χ3v) is 4.44. The van der Waals surface area contributed by atoms with Crippen molar-refractivity contribution in [2.75, 3.05) is 5.32 Å². The molecule has 0 fully saturated rings. The van der Waals surface area contributed by atoms with E-state index >= 15 is 0 Å². The molecule has 0 aliphatic heterocycles. The molecule has 1 amide bonds. The number of nitrogens with one attached hydrogen (secondary N) is 1. The van der Waals surface area contributed by atoms with Crippen LogP contribution in [0.15, 0.2) is 66.7 Å². The molecule has 152 valence electrons. The maximum atomic E-state index is 13.7. The Morgan fingerprint density at radius 1 is 0.967 bits per heavy atom. The standard InChI is InChI=1S/C22H15F3N2O3/c23-22(24,25)17-11-14(27-21(30)20-18(28)7-4-8-19(20)29)9-10-15(17)16(12-26)13-5-2-1-3-6-13/h1-11,16,28-29H,(H,27,30). The Morgan fingerprint density at radius 3 is 2.17 bits per heavy atom. The summed E-state index contributed by atoms with van der Waals surface area (Å²) in [6, 6.07) is 16.7. The van der Waals surface area contributed by atoms with Crippen molar-refractivity contribution in [1.29, 1.82) is 5.26 Å². The fourth-order valence-electron chi connectivity index (χ4n) is 3.05. The normalized spacial score (nSPS) is 12.1. The minimum atomic E-state index is -4.78. The Hall–Kier alpha value is -3.99. The molecule has 0 heterocycles. The highest BCUT2D eigenvalue weighted by Crippen LogP contribution is 2.39. The lowest BCUT2D eigenvalue weighted by Gasteiger charge is -2.19. The number of phenolic OH excluding ortho intramolecular Hbond substituents is 2. The molecule has 0 bridgehead atoms. The van der Waals surface area contributed by atoms with Crippen molar-refractivity contribution < 1.29 is 28.2 Å². The maximum Gasteiger partial charge on any atom is 0.416 e. The van der Waals surface area contributed by atoms with Crippen LogP contribution in [0.1, 0.15) is 33.0 Å². The minimum absolute atomic E-state index is 0.205. The first-order chi connectivity index (χ1) is 14.2. The Bertz CT molecular complexity index is 1100. The number of benzene rings is 3. The molecule has 1 atom stereocenters. The van der Waals surface area contributed by atoms with Crippen molar-refractivity contribution in [1.82, 2.24) is 0 Å². The van der Waals surface area contributed by atoms with Gasteiger partial charge in [0, 0.05) is 5.69 Å². The summed E-state index contributed by atoms with van der Waals surface area (Å²) in [5.41, 5.74) is -1.59. The summed E-state index contributed by atoms with van der Waals surface area (Å²) in [5.74, 6) is -3.18. The van der Waals surface area contributed by atoms with E-state index in [2.05, 4.69) is 5.32 Å². The predicted octanol–water partition coefficient (Wildman–Crippen LogP) is 5.02. The van der Waals surface area contributed by atoms with Gasteiger partial charge in [0.1, 0.15) is 17.1 Å². The average Bonchev–Trinajstić information content (AvgIpc) is 2.69. The van der Waals surface area contributed by atoms with Crippen LogP contribution >= 0.6 is 0 Å². The van der Waals surface area contributed by atoms with Gasteiger partial charge >= 0.3 is 6.18 Å². The molecule has 0 saturated carbocycles. The molecule has 5 nitrogen and oxygen atoms in total. The second-order valence-corrected chi connectivity index (χ2v) is 6.40. The van der Waals surface area contributed by atoms with E-state index in [1.54, 1.807) is 30.3 Å². The summed E-state index contributed by atoms with van der Waals surface area (Å²) < 4.78 is 41.2. The highest BCUT2D eigenvalue weighted by molar-refractivity contribution is 6.08. The van der Waals surface area contributed by atoms with E-state index in [-0.39, 0.29) is 11.3 Å². The number of carbonyl (C=O) groups excluding carboxylic acids is 1. The third-order valence-electron chi connectivity index (χ3n) is 4.44. The van der Waals surface area contributed by atoms with Crippen LogP contribution in [0.2, 0.25) is 0 Å². The number of aromatic hydroxyl groups is 2. The topological polar surface area (TPSA) is 93.4 Å². The molecule has 8 heteroatoms. The van der Waals surface area contributed by atoms with Crippen LogP contribution in [0.5, 0.6) is 11.5 Å². The second-order valence-electron chi connectivity index (χ2n) is 6.40. The quantitative estimate of drug-likeness (QED) is 0.561. The number of hydrogen-bond donors (Lipinski definition) is 3. The molecular weight excluding hydrogens is 397 g/mol. The van der Waals surface area contributed by atoms with Gasteiger partial charge in [0.25, 0.3) is 5.91 Å². The monoisotopic (exact) mass is 412 g/mol. The van der Waals surface area contributed by atoms with Gasteiger partial charge in [-0.05, 0) is 35.4 Å². The summed E-state index contributed by atoms with van der Waals surface area (Å²) in [4.78, 5) is 12.3. The lowest BCUT2D eigenvalue weighted by Crippen LogP contribution is -2.16. The van der Waals surface area contributed by atoms with E-state index in [1.807, 2.05) is 6.07 Å². The van der Waals surface area contributed by atoms with Crippen molar-refractivity contribution in [3.63, 3.8) is 0 Å². The lowest BCUT2D eigenvalue weighted by atomic mass is 9.88. The van der Waals surface area contributed by atoms with Crippen LogP contribution in [-0.2, 0) is 6.18 Å². The van der Waals surface area contributed by atoms with Gasteiger partial charge < -0.3 is 15.5 Å². The smallest absolute Gasteiger partial charge is 0.416 e. The van der Waals surface area contributed by atoms with Crippen LogP contribution < -0.4 is 5.32 Å². The molecule has 0 saturated heterocycles. The maximum absolute atomic E-state index is 13.7. The molecule has 0 aromatic heterocycles. The minimum Gasteiger partial charge on any atom is -0.507 e. The number of anilines is 1. The zero-order valence-corrected chi connectivity index (χ0v) is 15.3. The van der Waals surface area contributed by atoms with E-state index in [0.29, 0.717) is 5.56 Å². The van der Waals surface area contributed by atoms with Crippen molar-refractivity contribution in [3.05, 3.63) is 89.0 Å². The van der Waals surface area contributed by atoms with Crippen molar-refractivity contribution >= 4 is 11.6 Å². The molecule has 30 heavy (non-hydrogen) atoms. The summed E-state index contributed by atoms with van der Waals surface area (Å²) in [6.45, 7) is 0. The molecule has 3 aromatic rings. The molecule has 0 aliphatic carbocycles. The highest BCUT2D eigenvalue weighted by atomic mass is 19.4. The van der Waals surface area contributed by atoms with E-state index in [1.165, 1.54) is 12.1 Å². The fraction of sp³-hybridized carbons (Fsp3) is 0.0909. The summed E-state index contributed by atoms with van der Waals surface area (Å²) in [6.07, 6.45) is -4.78. The lowest BCUT2D eigenvalue weighted by molar-refractivity contribution is -0.138. The number of amides is 1. The molecule has 1 unspecified atom stereocenters. The van der Waals surface area contributed by atoms with Gasteiger partial charge in [-0.2, -0.15) is 18.4 Å². The van der Waals surface area contributed by atoms with E-state index in [9.17, 15) is 33.4 Å². The van der Waals surface area contributed by atoms with Crippen LogP contribution in [0, 0.1) is 11.3 Å². The third kappa shape index (κ3) is 4.20. The second kappa shape index (κ2) is 8.17. The molecule has 0 radical (unpaired) electrons. The van der Waals surface area contributed by atoms with Gasteiger partial charge in [0.2, 0.25) is 0 Å². The summed E-state index contributed by atoms with van der Waals surface area (Å²) in [5, 5.41) is 31.3. The SMILES string of the molecule is N#CC(c1ccccc1)c1ccc(NC(=O)c2c(O)cccc2O)cc1C(F)(F)F. The van der Waals surface area contributed by atoms with Crippen molar-refractivity contribution in [2.45, 2.75) is 12.1 Å². The number of halogens is 3. The Labute approximate surface area is 169 Å². The first kappa shape index (κ1) is 20.7. The summed E-state index contributed by atoms with van der Waals surface area (Å²) >= 11 is 0. The predicted molar refractivity (Wildman–Crippen MR) is 103 cm³/mol. The number of rotatable bonds is 4. The van der Waals surface area contributed by atoms with E-state index < -0.39 is 40.6 Å². The Kier molecular flexibility index (Phi) is 5.65. The number of nitriles is 1. The molecule has 3 aromatic carbocycles. The number of alkyl halides is 3. The van der Waals surface area contributed by atoms with Gasteiger partial charge in [-0.3, -0.25) is 4.79 Å². The number of carbonyl (C=O) groups is 1. The Morgan fingerprint density at radius 2 is 1.60 bits per heavy atom. The van der Waals surface area contributed by atoms with Crippen LogP contribution in [0.4, 0.5) is 18.9 Å². The number of phenols is 2. The van der Waals surface area contributed by atoms with Crippen LogP contribution in [-0.4, -0.2) is 16.1 Å². The van der Waals surface area contributed by atoms with Crippen molar-refractivity contribution in [3.8, 4) is 17.6 Å². The zero-order valence-electron chi connectivity index (χ0n) is 15.3. The molecule has 3 rings (SSSR count). The van der Waals surface area contributed by atoms with E-state index in [0.717, 1.165) is 24.3 Å². The molecule has 0 spiro atoms. The van der Waals surface area contributed by atoms with Gasteiger partial charge in [-0.15, -0.1) is 0 Å². The van der Waals surface area contributed by atoms with Gasteiger partial charge in [-0.25, -0.2) is 0 Å². The van der Waals surface area contributed by atoms with Crippen LogP contribution in [0.25, 0.3) is 0 Å². The number of hydrogen-bond acceptors (Lipinski definition) is 4. The first-order valence-electron chi connectivity index (χ1n) is 8.70. The molecular formula is C22H15F3N2O3. The van der Waals surface area contributed by atoms with Gasteiger partial charge in [-0.1, -0.05) is 42.5 Å². The van der Waals surface area contributed by atoms with Gasteiger partial charge in [0.05, 0.1) is 17.6 Å². The average molecular weight is 412 g/mol. The van der Waals surface area contributed by atoms with Crippen molar-refractivity contribution in [2.24, 2.45) is 0 Å². The van der Waals surface area contributed by atoms with Crippen LogP contribution in [0.3, 0.4) is 0 Å².